The molecule has 145 heavy (non-hydrogen) atoms. The summed E-state index contributed by atoms with van der Waals surface area (Å²) in [6.07, 6.45) is -10.3. The van der Waals surface area contributed by atoms with Gasteiger partial charge < -0.3 is 87.8 Å². The fourth-order valence-corrected chi connectivity index (χ4v) is 19.2. The first kappa shape index (κ1) is 110. The molecule has 33 nitrogen and oxygen atoms in total. The second-order valence-electron chi connectivity index (χ2n) is 38.6. The first-order chi connectivity index (χ1) is 68.1. The Morgan fingerprint density at radius 3 is 1.20 bits per heavy atom. The van der Waals surface area contributed by atoms with Crippen LogP contribution in [0.4, 0.5) is 57.9 Å². The third-order valence-electron chi connectivity index (χ3n) is 25.9. The van der Waals surface area contributed by atoms with E-state index in [0.717, 1.165) is 67.7 Å². The van der Waals surface area contributed by atoms with E-state index in [4.69, 9.17) is 5.73 Å². The molecule has 0 spiro atoms. The van der Waals surface area contributed by atoms with Gasteiger partial charge >= 0.3 is 18.3 Å². The highest BCUT2D eigenvalue weighted by molar-refractivity contribution is 7.13. The van der Waals surface area contributed by atoms with E-state index in [1.165, 1.54) is 45.4 Å². The average Bonchev–Trinajstić information content (AvgIpc) is 1.76. The normalized spacial score (nSPS) is 18.7. The standard InChI is InChI=1S/C51H57F4N9O7S.C27H26F4N4O4.C24H33N5O4S/c1-27-23-63(24-28(2)62(27)7)40-15-13-32(17-39(40)60-47(69)36-21-56-42(66)19-37(36)51(53,54)55)35-16-33(12-14-38(35)52)46(68)58-22-43(67)61-45(50(4,5)6)49(71)64-25-34(65)18-41(64)48(70)57-20-30-8-10-31(11-9-30)44-29(3)59-26-72-44;1-14-12-35(13-15(2)34(14)3)23-7-5-16(18-8-17(26(38)39)4-6-21(18)28)9-22(23)33-25(37)19-11-32-24(36)10-20(19)27(29,30)31;1-14-20(34-13-27-14)16-7-5-15(6-8-16)11-26-22(32)18-9-17(30)12-29(18)23(33)21(24(2,3)4)28-19(31)10-25/h8-17,19,21,26-28,34,41,45,65H,18,20,22-25H2,1-7H3,(H,56,66)(H,57,70)(H,58,68)(H,60,69)(H,61,67);4-11,14-15H,12-13H2,1-3H3,(H,32,36)(H,33,37)(H,38,39);5-8,13,17-18,21,30H,9-12,25H2,1-4H3,(H,26,32)(H,28,31)/t27-,28+,34-,41+,45-;14-,15+;17-,18+,21-/m1.1/s1. The van der Waals surface area contributed by atoms with Gasteiger partial charge in [-0.15, -0.1) is 22.7 Å². The summed E-state index contributed by atoms with van der Waals surface area (Å²) in [5.74, 6) is -8.91. The Morgan fingerprint density at radius 2 is 0.848 bits per heavy atom. The fraction of sp³-hybridized carbons (Fsp3) is 0.392. The molecule has 14 N–H and O–H groups in total. The number of amides is 9. The van der Waals surface area contributed by atoms with Crippen LogP contribution in [0, 0.1) is 36.3 Å². The molecular weight excluding hydrogens is 1930 g/mol. The van der Waals surface area contributed by atoms with Gasteiger partial charge in [-0.3, -0.25) is 62.5 Å². The molecule has 0 unspecified atom stereocenters. The van der Waals surface area contributed by atoms with Gasteiger partial charge in [0.1, 0.15) is 35.8 Å². The Kier molecular flexibility index (Phi) is 34.8. The summed E-state index contributed by atoms with van der Waals surface area (Å²) < 4.78 is 113. The van der Waals surface area contributed by atoms with Crippen LogP contribution in [0.5, 0.6) is 0 Å². The number of carboxylic acid groups (broad SMARTS) is 1. The molecule has 0 saturated carbocycles. The van der Waals surface area contributed by atoms with Crippen molar-refractivity contribution in [3.8, 4) is 43.1 Å². The molecule has 10 aromatic rings. The number of nitrogens with two attached hydrogens (primary N) is 1. The van der Waals surface area contributed by atoms with Crippen LogP contribution in [0.25, 0.3) is 43.1 Å². The maximum atomic E-state index is 15.7. The smallest absolute Gasteiger partial charge is 0.417 e. The molecule has 0 radical (unpaired) electrons. The number of aliphatic hydroxyl groups is 2. The lowest BCUT2D eigenvalue weighted by molar-refractivity contribution is -0.143. The number of likely N-dealkylation sites (tertiary alicyclic amines) is 2. The lowest BCUT2D eigenvalue weighted by Gasteiger charge is -2.44. The second kappa shape index (κ2) is 46.0. The molecule has 9 amide bonds. The van der Waals surface area contributed by atoms with Crippen molar-refractivity contribution in [3.63, 3.8) is 0 Å². The maximum absolute atomic E-state index is 15.7. The van der Waals surface area contributed by atoms with Gasteiger partial charge in [-0.2, -0.15) is 26.3 Å². The molecule has 43 heteroatoms. The number of aryl methyl sites for hydroxylation is 2. The molecular formula is C102H116F8N18O15S2. The third kappa shape index (κ3) is 27.0. The van der Waals surface area contributed by atoms with E-state index in [1.807, 2.05) is 140 Å². The number of hydrogen-bond donors (Lipinski definition) is 13. The third-order valence-corrected chi connectivity index (χ3v) is 27.9. The van der Waals surface area contributed by atoms with Crippen LogP contribution in [0.1, 0.15) is 157 Å². The molecule has 0 bridgehead atoms. The number of nitrogens with zero attached hydrogens (tertiary/aromatic N) is 8. The highest BCUT2D eigenvalue weighted by atomic mass is 32.1. The zero-order valence-electron chi connectivity index (χ0n) is 82.0. The van der Waals surface area contributed by atoms with Crippen LogP contribution in [0.3, 0.4) is 0 Å². The summed E-state index contributed by atoms with van der Waals surface area (Å²) in [6, 6.07) is 28.3. The SMILES string of the molecule is C[C@@H]1CN(c2ccc(-c3cc(C(=O)O)ccc3F)cc2NC(=O)c2c[nH]c(=O)cc2C(F)(F)F)C[C@H](C)N1C.Cc1ncsc1-c1ccc(CNC(=O)[C@@H]2C[C@@H](O)CN2C(=O)[C@@H](NC(=O)CN)C(C)(C)C)cc1.Cc1ncsc1-c1ccc(CNC(=O)[C@@H]2C[C@@H](O)CN2C(=O)[C@@H](NC(=O)CNC(=O)c2ccc(F)c(-c3ccc(N4C[C@@H](C)N(C)[C@@H](C)C4)c(NC(=O)c4c[nH]c(=O)cc4C(F)(F)F)c3)c2)C(C)(C)C)cc1. The Hall–Kier alpha value is -14.0. The van der Waals surface area contributed by atoms with Gasteiger partial charge in [0.05, 0.1) is 108 Å². The molecule has 4 saturated heterocycles. The number of carbonyl (C=O) groups is 10. The molecule has 8 heterocycles. The van der Waals surface area contributed by atoms with Crippen molar-refractivity contribution in [3.05, 3.63) is 245 Å². The van der Waals surface area contributed by atoms with E-state index in [0.29, 0.717) is 68.6 Å². The van der Waals surface area contributed by atoms with Crippen molar-refractivity contribution in [1.82, 2.24) is 66.1 Å². The van der Waals surface area contributed by atoms with E-state index >= 15 is 4.39 Å². The van der Waals surface area contributed by atoms with Crippen LogP contribution in [-0.4, -0.2) is 241 Å². The van der Waals surface area contributed by atoms with Gasteiger partial charge in [-0.05, 0) is 161 Å². The zero-order valence-corrected chi connectivity index (χ0v) is 83.6. The predicted octanol–water partition coefficient (Wildman–Crippen LogP) is 11.8. The monoisotopic (exact) mass is 2050 g/mol. The van der Waals surface area contributed by atoms with Crippen molar-refractivity contribution in [2.75, 3.05) is 86.9 Å². The molecule has 14 rings (SSSR count). The molecule has 0 aliphatic carbocycles. The number of carbonyl (C=O) groups excluding carboxylic acids is 9. The van der Waals surface area contributed by atoms with Gasteiger partial charge in [0.15, 0.2) is 0 Å². The van der Waals surface area contributed by atoms with Gasteiger partial charge in [0, 0.05) is 131 Å². The van der Waals surface area contributed by atoms with Crippen LogP contribution in [0.15, 0.2) is 166 Å². The van der Waals surface area contributed by atoms with Gasteiger partial charge in [0.25, 0.3) is 17.7 Å². The lowest BCUT2D eigenvalue weighted by atomic mass is 9.85. The Balaban J connectivity index is 0.000000215. The first-order valence-corrected chi connectivity index (χ1v) is 48.3. The number of pyridine rings is 2. The Bertz CT molecular complexity index is 6580. The van der Waals surface area contributed by atoms with E-state index in [1.54, 1.807) is 61.9 Å². The average molecular weight is 2050 g/mol. The summed E-state index contributed by atoms with van der Waals surface area (Å²) in [6.45, 7) is 24.0. The van der Waals surface area contributed by atoms with Crippen molar-refractivity contribution >= 4 is 105 Å². The number of rotatable bonds is 25. The number of β-amino-alcohol motifs (C(OH)–C–C–N with tert-alkyl or cyclic N) is 2. The van der Waals surface area contributed by atoms with Gasteiger partial charge in [0.2, 0.25) is 46.6 Å². The Morgan fingerprint density at radius 1 is 0.483 bits per heavy atom. The minimum atomic E-state index is -5.04. The summed E-state index contributed by atoms with van der Waals surface area (Å²) in [5.41, 5.74) is 7.64. The molecule has 4 aromatic heterocycles. The van der Waals surface area contributed by atoms with Crippen LogP contribution in [0.2, 0.25) is 0 Å². The summed E-state index contributed by atoms with van der Waals surface area (Å²) in [7, 11) is 3.94. The number of anilines is 4. The van der Waals surface area contributed by atoms with Crippen molar-refractivity contribution in [1.29, 1.82) is 0 Å². The number of halogens is 8. The number of aromatic nitrogens is 4. The quantitative estimate of drug-likeness (QED) is 0.0236. The number of piperazine rings is 2. The fourth-order valence-electron chi connectivity index (χ4n) is 17.6. The molecule has 4 aliphatic rings. The molecule has 10 atom stereocenters. The summed E-state index contributed by atoms with van der Waals surface area (Å²) >= 11 is 3.11. The summed E-state index contributed by atoms with van der Waals surface area (Å²) in [4.78, 5) is 180. The Labute approximate surface area is 838 Å². The first-order valence-electron chi connectivity index (χ1n) is 46.5. The number of aromatic amines is 2. The number of H-pyrrole nitrogens is 2. The zero-order chi connectivity index (χ0) is 106. The minimum absolute atomic E-state index is 0.0177. The predicted molar refractivity (Wildman–Crippen MR) is 533 cm³/mol. The number of benzene rings is 6. The topological polar surface area (TPSA) is 453 Å². The number of alkyl halides is 6. The van der Waals surface area contributed by atoms with Crippen molar-refractivity contribution in [2.24, 2.45) is 16.6 Å². The van der Waals surface area contributed by atoms with Crippen molar-refractivity contribution < 1.29 is 98.4 Å². The lowest BCUT2D eigenvalue weighted by Crippen LogP contribution is -2.58. The number of carboxylic acids is 1. The largest absolute Gasteiger partial charge is 0.478 e. The molecule has 4 fully saturated rings. The number of thiazole rings is 2. The molecule has 6 aromatic carbocycles. The number of hydrogen-bond acceptors (Lipinski definition) is 23. The van der Waals surface area contributed by atoms with Crippen LogP contribution >= 0.6 is 22.7 Å². The molecule has 772 valence electrons. The van der Waals surface area contributed by atoms with E-state index in [-0.39, 0.29) is 114 Å². The van der Waals surface area contributed by atoms with Crippen molar-refractivity contribution in [2.45, 2.75) is 182 Å². The molecule has 4 aliphatic heterocycles. The second-order valence-corrected chi connectivity index (χ2v) is 40.3. The highest BCUT2D eigenvalue weighted by Gasteiger charge is 2.48. The minimum Gasteiger partial charge on any atom is -0.478 e. The van der Waals surface area contributed by atoms with Gasteiger partial charge in [-0.1, -0.05) is 102 Å². The van der Waals surface area contributed by atoms with Crippen LogP contribution in [-0.2, 0) is 54.2 Å². The number of aromatic carboxylic acids is 1. The number of aliphatic hydroxyl groups excluding tert-OH is 2. The number of likely N-dealkylation sites (N-methyl/N-ethyl adjacent to an activating group) is 2. The van der Waals surface area contributed by atoms with Gasteiger partial charge in [-0.25, -0.2) is 23.5 Å². The maximum Gasteiger partial charge on any atom is 0.417 e. The highest BCUT2D eigenvalue weighted by Crippen LogP contribution is 2.42. The van der Waals surface area contributed by atoms with E-state index in [2.05, 4.69) is 67.0 Å². The van der Waals surface area contributed by atoms with Crippen LogP contribution < -0.4 is 63.9 Å². The van der Waals surface area contributed by atoms with E-state index < -0.39 is 164 Å². The summed E-state index contributed by atoms with van der Waals surface area (Å²) in [5, 5.41) is 48.9. The van der Waals surface area contributed by atoms with E-state index in [9.17, 15) is 104 Å². The number of nitrogens with one attached hydrogen (secondary N) is 9.